The van der Waals surface area contributed by atoms with Gasteiger partial charge in [0.15, 0.2) is 12.0 Å². The fourth-order valence-electron chi connectivity index (χ4n) is 3.07. The van der Waals surface area contributed by atoms with Crippen molar-refractivity contribution in [3.63, 3.8) is 0 Å². The number of benzene rings is 1. The van der Waals surface area contributed by atoms with Gasteiger partial charge in [0.25, 0.3) is 0 Å². The third kappa shape index (κ3) is 8.65. The van der Waals surface area contributed by atoms with Crippen molar-refractivity contribution in [2.24, 2.45) is 5.92 Å². The second kappa shape index (κ2) is 13.5. The molecule has 8 heteroatoms. The molecule has 1 saturated heterocycles. The highest BCUT2D eigenvalue weighted by atomic mass is 32.1. The fraction of sp³-hybridized carbons (Fsp3) is 0.476. The van der Waals surface area contributed by atoms with Gasteiger partial charge in [-0.3, -0.25) is 4.79 Å². The maximum atomic E-state index is 11.0. The van der Waals surface area contributed by atoms with E-state index in [-0.39, 0.29) is 16.7 Å². The number of thiol groups is 1. The van der Waals surface area contributed by atoms with Crippen LogP contribution in [-0.4, -0.2) is 42.6 Å². The molecule has 0 saturated carbocycles. The predicted molar refractivity (Wildman–Crippen MR) is 120 cm³/mol. The molecule has 0 spiro atoms. The number of carbonyl (C=O) groups excluding carboxylic acids is 1. The molecule has 6 nitrogen and oxygen atoms in total. The molecule has 0 amide bonds. The van der Waals surface area contributed by atoms with Crippen LogP contribution in [-0.2, 0) is 28.9 Å². The number of aromatic nitrogens is 1. The van der Waals surface area contributed by atoms with E-state index in [9.17, 15) is 4.79 Å². The van der Waals surface area contributed by atoms with Gasteiger partial charge in [0.05, 0.1) is 12.2 Å². The van der Waals surface area contributed by atoms with Gasteiger partial charge in [-0.05, 0) is 56.6 Å². The summed E-state index contributed by atoms with van der Waals surface area (Å²) in [4.78, 5) is 11.0. The van der Waals surface area contributed by atoms with E-state index in [0.717, 1.165) is 38.5 Å². The van der Waals surface area contributed by atoms with Gasteiger partial charge in [0.2, 0.25) is 4.38 Å². The lowest BCUT2D eigenvalue weighted by Gasteiger charge is -2.04. The summed E-state index contributed by atoms with van der Waals surface area (Å²) in [6.45, 7) is 3.19. The molecule has 1 fully saturated rings. The number of ether oxygens (including phenoxy) is 2. The van der Waals surface area contributed by atoms with Crippen molar-refractivity contribution in [1.29, 1.82) is 0 Å². The molecule has 158 valence electrons. The zero-order chi connectivity index (χ0) is 20.9. The Morgan fingerprint density at radius 2 is 2.17 bits per heavy atom. The molecule has 1 aromatic carbocycles. The summed E-state index contributed by atoms with van der Waals surface area (Å²) in [5, 5.41) is 6.88. The first-order valence-corrected chi connectivity index (χ1v) is 10.5. The van der Waals surface area contributed by atoms with Gasteiger partial charge in [-0.2, -0.15) is 0 Å². The van der Waals surface area contributed by atoms with E-state index in [0.29, 0.717) is 24.0 Å². The normalized spacial score (nSPS) is 15.4. The average Bonchev–Trinajstić information content (AvgIpc) is 3.37. The van der Waals surface area contributed by atoms with Crippen LogP contribution in [0.5, 0.6) is 0 Å². The Bertz CT molecular complexity index is 746. The van der Waals surface area contributed by atoms with Crippen LogP contribution in [0, 0.1) is 5.92 Å². The summed E-state index contributed by atoms with van der Waals surface area (Å²) in [7, 11) is 1.98. The molecule has 3 rings (SSSR count). The van der Waals surface area contributed by atoms with Crippen molar-refractivity contribution in [3.05, 3.63) is 52.9 Å². The van der Waals surface area contributed by atoms with Gasteiger partial charge in [-0.15, -0.1) is 0 Å². The first-order valence-electron chi connectivity index (χ1n) is 9.68. The number of aldehydes is 1. The monoisotopic (exact) mass is 436 g/mol. The van der Waals surface area contributed by atoms with Crippen LogP contribution in [0.1, 0.15) is 40.2 Å². The quantitative estimate of drug-likeness (QED) is 0.353. The van der Waals surface area contributed by atoms with Crippen molar-refractivity contribution in [2.45, 2.75) is 32.3 Å². The second-order valence-electron chi connectivity index (χ2n) is 6.77. The van der Waals surface area contributed by atoms with Crippen molar-refractivity contribution in [1.82, 2.24) is 10.5 Å². The van der Waals surface area contributed by atoms with Crippen LogP contribution < -0.4 is 5.32 Å². The first-order chi connectivity index (χ1) is 14.1. The summed E-state index contributed by atoms with van der Waals surface area (Å²) in [6.07, 6.45) is 4.41. The number of carbonyl (C=O) groups is 1. The summed E-state index contributed by atoms with van der Waals surface area (Å²) < 4.78 is 15.7. The van der Waals surface area contributed by atoms with E-state index < -0.39 is 0 Å². The summed E-state index contributed by atoms with van der Waals surface area (Å²) in [5.41, 5.74) is 2.17. The van der Waals surface area contributed by atoms with Crippen LogP contribution in [0.4, 0.5) is 0 Å². The first kappa shape index (κ1) is 23.5. The standard InChI is InChI=1S/C15H15NO3S2.C6H13NO/c17-9-13-12(10-18-15(20)21)14(19-16-13)8-4-7-11-5-2-1-3-6-11;1-7-4-6-2-3-8-5-6/h1-3,5-6,9H,4,7-8,10H2,(H,20,21);6-7H,2-5H2,1H3. The maximum absolute atomic E-state index is 11.0. The van der Waals surface area contributed by atoms with E-state index in [1.165, 1.54) is 12.0 Å². The molecule has 1 aromatic heterocycles. The fourth-order valence-corrected chi connectivity index (χ4v) is 3.19. The van der Waals surface area contributed by atoms with Crippen LogP contribution in [0.2, 0.25) is 0 Å². The van der Waals surface area contributed by atoms with Gasteiger partial charge >= 0.3 is 0 Å². The number of hydrogen-bond acceptors (Lipinski definition) is 7. The number of nitrogens with zero attached hydrogens (tertiary/aromatic N) is 1. The van der Waals surface area contributed by atoms with E-state index in [4.69, 9.17) is 26.2 Å². The van der Waals surface area contributed by atoms with Crippen LogP contribution in [0.25, 0.3) is 0 Å². The maximum Gasteiger partial charge on any atom is 0.217 e. The zero-order valence-corrected chi connectivity index (χ0v) is 18.3. The molecule has 1 unspecified atom stereocenters. The zero-order valence-electron chi connectivity index (χ0n) is 16.6. The van der Waals surface area contributed by atoms with E-state index in [1.807, 2.05) is 25.2 Å². The highest BCUT2D eigenvalue weighted by Crippen LogP contribution is 2.18. The molecule has 2 aromatic rings. The molecule has 1 N–H and O–H groups in total. The molecule has 2 heterocycles. The Kier molecular flexibility index (Phi) is 10.9. The molecule has 0 radical (unpaired) electrons. The Labute approximate surface area is 182 Å². The molecule has 0 bridgehead atoms. The Morgan fingerprint density at radius 3 is 2.79 bits per heavy atom. The van der Waals surface area contributed by atoms with Crippen molar-refractivity contribution >= 4 is 35.5 Å². The largest absolute Gasteiger partial charge is 0.474 e. The van der Waals surface area contributed by atoms with Crippen molar-refractivity contribution < 1.29 is 18.8 Å². The Balaban J connectivity index is 0.000000313. The topological polar surface area (TPSA) is 73.6 Å². The van der Waals surface area contributed by atoms with Gasteiger partial charge in [-0.25, -0.2) is 0 Å². The third-order valence-electron chi connectivity index (χ3n) is 4.58. The molecule has 1 aliphatic heterocycles. The summed E-state index contributed by atoms with van der Waals surface area (Å²) in [5.74, 6) is 1.44. The molecule has 1 atom stereocenters. The lowest BCUT2D eigenvalue weighted by molar-refractivity contribution is 0.111. The Hall–Kier alpha value is -1.74. The molecule has 29 heavy (non-hydrogen) atoms. The molecular formula is C21H28N2O4S2. The van der Waals surface area contributed by atoms with Gasteiger partial charge in [-0.1, -0.05) is 48.1 Å². The second-order valence-corrected chi connectivity index (χ2v) is 7.85. The highest BCUT2D eigenvalue weighted by Gasteiger charge is 2.16. The highest BCUT2D eigenvalue weighted by molar-refractivity contribution is 8.10. The SMILES string of the molecule is CNCC1CCOC1.O=Cc1noc(CCCc2ccccc2)c1COC(=S)S. The lowest BCUT2D eigenvalue weighted by atomic mass is 10.1. The smallest absolute Gasteiger partial charge is 0.217 e. The Morgan fingerprint density at radius 1 is 1.38 bits per heavy atom. The van der Waals surface area contributed by atoms with Gasteiger partial charge in [0.1, 0.15) is 12.4 Å². The number of aryl methyl sites for hydroxylation is 2. The molecule has 1 aliphatic rings. The van der Waals surface area contributed by atoms with Gasteiger partial charge in [0, 0.05) is 13.0 Å². The molecular weight excluding hydrogens is 408 g/mol. The van der Waals surface area contributed by atoms with E-state index >= 15 is 0 Å². The minimum absolute atomic E-state index is 0.128. The number of thiocarbonyl (C=S) groups is 1. The van der Waals surface area contributed by atoms with Gasteiger partial charge < -0.3 is 19.3 Å². The number of hydrogen-bond donors (Lipinski definition) is 2. The van der Waals surface area contributed by atoms with Crippen molar-refractivity contribution in [3.8, 4) is 0 Å². The third-order valence-corrected chi connectivity index (χ3v) is 4.83. The molecule has 0 aliphatic carbocycles. The van der Waals surface area contributed by atoms with E-state index in [1.54, 1.807) is 0 Å². The summed E-state index contributed by atoms with van der Waals surface area (Å²) in [6, 6.07) is 10.2. The predicted octanol–water partition coefficient (Wildman–Crippen LogP) is 3.64. The average molecular weight is 437 g/mol. The van der Waals surface area contributed by atoms with Crippen molar-refractivity contribution in [2.75, 3.05) is 26.8 Å². The minimum Gasteiger partial charge on any atom is -0.474 e. The van der Waals surface area contributed by atoms with Crippen LogP contribution in [0.3, 0.4) is 0 Å². The van der Waals surface area contributed by atoms with Crippen LogP contribution in [0.15, 0.2) is 34.9 Å². The number of nitrogens with one attached hydrogen (secondary N) is 1. The van der Waals surface area contributed by atoms with Crippen LogP contribution >= 0.6 is 24.8 Å². The lowest BCUT2D eigenvalue weighted by Crippen LogP contribution is -2.18. The minimum atomic E-state index is 0.128. The van der Waals surface area contributed by atoms with E-state index in [2.05, 4.69) is 35.2 Å². The number of rotatable bonds is 9. The summed E-state index contributed by atoms with van der Waals surface area (Å²) >= 11 is 8.64.